The molecule has 0 unspecified atom stereocenters. The van der Waals surface area contributed by atoms with Gasteiger partial charge in [0.15, 0.2) is 0 Å². The minimum absolute atomic E-state index is 0.221. The quantitative estimate of drug-likeness (QED) is 0.469. The van der Waals surface area contributed by atoms with Crippen molar-refractivity contribution >= 4 is 23.9 Å². The molecule has 7 heteroatoms. The summed E-state index contributed by atoms with van der Waals surface area (Å²) in [5.41, 5.74) is 4.80. The molecule has 0 aliphatic carbocycles. The van der Waals surface area contributed by atoms with E-state index in [0.29, 0.717) is 17.2 Å². The maximum Gasteiger partial charge on any atom is 0.339 e. The number of hydrogen-bond acceptors (Lipinski definition) is 4. The molecule has 0 fully saturated rings. The fourth-order valence-corrected chi connectivity index (χ4v) is 2.48. The molecule has 27 heavy (non-hydrogen) atoms. The smallest absolute Gasteiger partial charge is 0.339 e. The van der Waals surface area contributed by atoms with E-state index in [4.69, 9.17) is 9.52 Å². The maximum absolute atomic E-state index is 11.7. The Balaban J connectivity index is 1.63. The lowest BCUT2D eigenvalue weighted by molar-refractivity contribution is 0.0696. The van der Waals surface area contributed by atoms with Crippen molar-refractivity contribution in [3.8, 4) is 11.3 Å². The highest BCUT2D eigenvalue weighted by Crippen LogP contribution is 2.26. The van der Waals surface area contributed by atoms with Gasteiger partial charge in [0.1, 0.15) is 11.5 Å². The van der Waals surface area contributed by atoms with E-state index in [1.165, 1.54) is 12.3 Å². The molecule has 136 valence electrons. The van der Waals surface area contributed by atoms with Crippen LogP contribution in [-0.4, -0.2) is 23.3 Å². The second-order valence-electron chi connectivity index (χ2n) is 5.73. The van der Waals surface area contributed by atoms with Crippen molar-refractivity contribution in [2.24, 2.45) is 5.10 Å². The van der Waals surface area contributed by atoms with Crippen LogP contribution in [0.25, 0.3) is 11.3 Å². The second-order valence-corrected chi connectivity index (χ2v) is 5.73. The largest absolute Gasteiger partial charge is 0.478 e. The number of amides is 2. The molecular formula is C20H17N3O4. The Morgan fingerprint density at radius 3 is 2.56 bits per heavy atom. The SMILES string of the molecule is Cc1cc(C(=O)O)ccc1-c1ccc(/C=N\NC(=O)Nc2ccccc2)o1. The molecule has 0 saturated heterocycles. The highest BCUT2D eigenvalue weighted by atomic mass is 16.4. The highest BCUT2D eigenvalue weighted by molar-refractivity contribution is 5.90. The van der Waals surface area contributed by atoms with Crippen molar-refractivity contribution in [3.05, 3.63) is 77.6 Å². The fraction of sp³-hybridized carbons (Fsp3) is 0.0500. The van der Waals surface area contributed by atoms with Crippen LogP contribution in [0.15, 0.2) is 70.2 Å². The van der Waals surface area contributed by atoms with Gasteiger partial charge < -0.3 is 14.8 Å². The zero-order valence-electron chi connectivity index (χ0n) is 14.5. The van der Waals surface area contributed by atoms with Crippen molar-refractivity contribution in [2.45, 2.75) is 6.92 Å². The number of benzene rings is 2. The Labute approximate surface area is 155 Å². The van der Waals surface area contributed by atoms with Gasteiger partial charge in [-0.2, -0.15) is 5.10 Å². The lowest BCUT2D eigenvalue weighted by Crippen LogP contribution is -2.24. The Hall–Kier alpha value is -3.87. The van der Waals surface area contributed by atoms with E-state index < -0.39 is 12.0 Å². The third-order valence-electron chi connectivity index (χ3n) is 3.76. The predicted molar refractivity (Wildman–Crippen MR) is 102 cm³/mol. The lowest BCUT2D eigenvalue weighted by Gasteiger charge is -2.04. The number of anilines is 1. The number of carboxylic acid groups (broad SMARTS) is 1. The molecule has 1 aromatic heterocycles. The number of para-hydroxylation sites is 1. The number of carbonyl (C=O) groups excluding carboxylic acids is 1. The minimum atomic E-state index is -0.975. The molecule has 3 rings (SSSR count). The number of hydrogen-bond donors (Lipinski definition) is 3. The molecule has 1 heterocycles. The van der Waals surface area contributed by atoms with Gasteiger partial charge in [0.25, 0.3) is 0 Å². The average molecular weight is 363 g/mol. The lowest BCUT2D eigenvalue weighted by atomic mass is 10.0. The number of urea groups is 1. The van der Waals surface area contributed by atoms with Crippen LogP contribution in [0, 0.1) is 6.92 Å². The predicted octanol–water partition coefficient (Wildman–Crippen LogP) is 4.11. The summed E-state index contributed by atoms with van der Waals surface area (Å²) in [6.07, 6.45) is 1.38. The first-order chi connectivity index (χ1) is 13.0. The normalized spacial score (nSPS) is 10.7. The summed E-state index contributed by atoms with van der Waals surface area (Å²) in [5, 5.41) is 15.5. The summed E-state index contributed by atoms with van der Waals surface area (Å²) in [7, 11) is 0. The zero-order valence-corrected chi connectivity index (χ0v) is 14.5. The van der Waals surface area contributed by atoms with Crippen LogP contribution in [0.1, 0.15) is 21.7 Å². The molecule has 0 aliphatic rings. The van der Waals surface area contributed by atoms with Crippen LogP contribution in [0.2, 0.25) is 0 Å². The van der Waals surface area contributed by atoms with Crippen molar-refractivity contribution in [1.29, 1.82) is 0 Å². The Morgan fingerprint density at radius 1 is 1.07 bits per heavy atom. The molecule has 0 saturated carbocycles. The summed E-state index contributed by atoms with van der Waals surface area (Å²) in [5.74, 6) is 0.0584. The average Bonchev–Trinajstić information content (AvgIpc) is 3.11. The van der Waals surface area contributed by atoms with Crippen LogP contribution >= 0.6 is 0 Å². The van der Waals surface area contributed by atoms with Gasteiger partial charge in [0.2, 0.25) is 0 Å². The molecule has 0 aliphatic heterocycles. The number of rotatable bonds is 5. The van der Waals surface area contributed by atoms with Gasteiger partial charge in [-0.3, -0.25) is 0 Å². The Morgan fingerprint density at radius 2 is 1.85 bits per heavy atom. The van der Waals surface area contributed by atoms with Crippen LogP contribution in [-0.2, 0) is 0 Å². The van der Waals surface area contributed by atoms with Crippen LogP contribution in [0.3, 0.4) is 0 Å². The van der Waals surface area contributed by atoms with E-state index in [1.54, 1.807) is 36.4 Å². The van der Waals surface area contributed by atoms with Crippen molar-refractivity contribution in [2.75, 3.05) is 5.32 Å². The minimum Gasteiger partial charge on any atom is -0.478 e. The summed E-state index contributed by atoms with van der Waals surface area (Å²) in [6.45, 7) is 1.81. The Bertz CT molecular complexity index is 993. The van der Waals surface area contributed by atoms with E-state index in [0.717, 1.165) is 11.1 Å². The monoisotopic (exact) mass is 363 g/mol. The maximum atomic E-state index is 11.7. The first-order valence-electron chi connectivity index (χ1n) is 8.12. The number of furan rings is 1. The molecule has 0 radical (unpaired) electrons. The summed E-state index contributed by atoms with van der Waals surface area (Å²) < 4.78 is 5.68. The van der Waals surface area contributed by atoms with E-state index in [2.05, 4.69) is 15.8 Å². The first-order valence-corrected chi connectivity index (χ1v) is 8.12. The zero-order chi connectivity index (χ0) is 19.2. The molecular weight excluding hydrogens is 346 g/mol. The second kappa shape index (κ2) is 8.01. The van der Waals surface area contributed by atoms with Gasteiger partial charge in [-0.05, 0) is 48.9 Å². The molecule has 0 atom stereocenters. The number of carbonyl (C=O) groups is 2. The highest BCUT2D eigenvalue weighted by Gasteiger charge is 2.10. The molecule has 3 aromatic rings. The molecule has 0 bridgehead atoms. The van der Waals surface area contributed by atoms with Crippen molar-refractivity contribution in [1.82, 2.24) is 5.43 Å². The third-order valence-corrected chi connectivity index (χ3v) is 3.76. The van der Waals surface area contributed by atoms with E-state index in [9.17, 15) is 9.59 Å². The van der Waals surface area contributed by atoms with Crippen LogP contribution in [0.4, 0.5) is 10.5 Å². The van der Waals surface area contributed by atoms with Crippen molar-refractivity contribution in [3.63, 3.8) is 0 Å². The number of hydrazone groups is 1. The van der Waals surface area contributed by atoms with Gasteiger partial charge >= 0.3 is 12.0 Å². The first kappa shape index (κ1) is 17.9. The standard InChI is InChI=1S/C20H17N3O4/c1-13-11-14(19(24)25)7-9-17(13)18-10-8-16(27-18)12-21-23-20(26)22-15-5-3-2-4-6-15/h2-12H,1H3,(H,24,25)(H2,22,23,26)/b21-12-. The van der Waals surface area contributed by atoms with E-state index >= 15 is 0 Å². The summed E-state index contributed by atoms with van der Waals surface area (Å²) in [6, 6.07) is 16.8. The number of carboxylic acids is 1. The molecule has 7 nitrogen and oxygen atoms in total. The van der Waals surface area contributed by atoms with Crippen LogP contribution < -0.4 is 10.7 Å². The number of aromatic carboxylic acids is 1. The van der Waals surface area contributed by atoms with Gasteiger partial charge in [0.05, 0.1) is 11.8 Å². The number of aryl methyl sites for hydroxylation is 1. The van der Waals surface area contributed by atoms with Gasteiger partial charge in [-0.15, -0.1) is 0 Å². The van der Waals surface area contributed by atoms with Crippen molar-refractivity contribution < 1.29 is 19.1 Å². The number of nitrogens with one attached hydrogen (secondary N) is 2. The van der Waals surface area contributed by atoms with E-state index in [-0.39, 0.29) is 5.56 Å². The summed E-state index contributed by atoms with van der Waals surface area (Å²) >= 11 is 0. The molecule has 0 spiro atoms. The van der Waals surface area contributed by atoms with Gasteiger partial charge in [-0.1, -0.05) is 24.3 Å². The van der Waals surface area contributed by atoms with E-state index in [1.807, 2.05) is 25.1 Å². The third kappa shape index (κ3) is 4.60. The topological polar surface area (TPSA) is 104 Å². The van der Waals surface area contributed by atoms with Gasteiger partial charge in [0, 0.05) is 11.3 Å². The summed E-state index contributed by atoms with van der Waals surface area (Å²) in [4.78, 5) is 22.8. The molecule has 3 N–H and O–H groups in total. The van der Waals surface area contributed by atoms with Crippen LogP contribution in [0.5, 0.6) is 0 Å². The molecule has 2 amide bonds. The fourth-order valence-electron chi connectivity index (χ4n) is 2.48. The Kier molecular flexibility index (Phi) is 5.32. The number of nitrogens with zero attached hydrogens (tertiary/aromatic N) is 1. The molecule has 2 aromatic carbocycles. The van der Waals surface area contributed by atoms with Gasteiger partial charge in [-0.25, -0.2) is 15.0 Å².